The van der Waals surface area contributed by atoms with Crippen molar-refractivity contribution in [2.75, 3.05) is 13.2 Å². The minimum atomic E-state index is 0.211. The third-order valence-corrected chi connectivity index (χ3v) is 3.48. The maximum absolute atomic E-state index is 5.68. The first-order valence-electron chi connectivity index (χ1n) is 5.32. The topological polar surface area (TPSA) is 12.5 Å². The van der Waals surface area contributed by atoms with E-state index in [1.165, 1.54) is 12.8 Å². The molecule has 1 aliphatic heterocycles. The van der Waals surface area contributed by atoms with E-state index in [0.29, 0.717) is 5.41 Å². The van der Waals surface area contributed by atoms with Crippen LogP contribution in [0.4, 0.5) is 0 Å². The van der Waals surface area contributed by atoms with Crippen LogP contribution in [0.2, 0.25) is 0 Å². The molecule has 1 atom stereocenters. The number of hydroxylamine groups is 2. The molecule has 13 heavy (non-hydrogen) atoms. The quantitative estimate of drug-likeness (QED) is 0.656. The summed E-state index contributed by atoms with van der Waals surface area (Å²) in [5.74, 6) is 0. The molecule has 1 fully saturated rings. The SMILES string of the molecule is CCON1CCCC1(C)C(C)(C)C. The van der Waals surface area contributed by atoms with E-state index < -0.39 is 0 Å². The molecule has 0 N–H and O–H groups in total. The Balaban J connectivity index is 2.75. The van der Waals surface area contributed by atoms with Crippen molar-refractivity contribution in [1.29, 1.82) is 0 Å². The molecule has 0 radical (unpaired) electrons. The summed E-state index contributed by atoms with van der Waals surface area (Å²) in [6.07, 6.45) is 2.50. The minimum Gasteiger partial charge on any atom is -0.299 e. The number of nitrogens with zero attached hydrogens (tertiary/aromatic N) is 1. The van der Waals surface area contributed by atoms with E-state index in [1.807, 2.05) is 0 Å². The Bertz CT molecular complexity index is 173. The van der Waals surface area contributed by atoms with E-state index in [-0.39, 0.29) is 5.54 Å². The molecular weight excluding hydrogens is 162 g/mol. The summed E-state index contributed by atoms with van der Waals surface area (Å²) in [4.78, 5) is 5.68. The number of rotatable bonds is 2. The second kappa shape index (κ2) is 3.58. The second-order valence-corrected chi connectivity index (χ2v) is 5.15. The van der Waals surface area contributed by atoms with Crippen LogP contribution in [0, 0.1) is 5.41 Å². The zero-order valence-corrected chi connectivity index (χ0v) is 9.68. The average molecular weight is 185 g/mol. The van der Waals surface area contributed by atoms with Crippen LogP contribution >= 0.6 is 0 Å². The van der Waals surface area contributed by atoms with Crippen LogP contribution in [-0.2, 0) is 4.84 Å². The maximum Gasteiger partial charge on any atom is 0.0657 e. The van der Waals surface area contributed by atoms with Crippen molar-refractivity contribution in [3.8, 4) is 0 Å². The second-order valence-electron chi connectivity index (χ2n) is 5.15. The molecule has 2 heteroatoms. The van der Waals surface area contributed by atoms with E-state index in [9.17, 15) is 0 Å². The molecule has 0 saturated carbocycles. The fraction of sp³-hybridized carbons (Fsp3) is 1.00. The fourth-order valence-electron chi connectivity index (χ4n) is 2.05. The summed E-state index contributed by atoms with van der Waals surface area (Å²) in [7, 11) is 0. The summed E-state index contributed by atoms with van der Waals surface area (Å²) in [5.41, 5.74) is 0.502. The van der Waals surface area contributed by atoms with Crippen molar-refractivity contribution in [3.63, 3.8) is 0 Å². The molecule has 0 bridgehead atoms. The van der Waals surface area contributed by atoms with Gasteiger partial charge in [-0.1, -0.05) is 20.8 Å². The summed E-state index contributed by atoms with van der Waals surface area (Å²) >= 11 is 0. The van der Waals surface area contributed by atoms with Gasteiger partial charge in [0.05, 0.1) is 6.61 Å². The van der Waals surface area contributed by atoms with Gasteiger partial charge in [0.25, 0.3) is 0 Å². The molecular formula is C11H23NO. The highest BCUT2D eigenvalue weighted by Crippen LogP contribution is 2.43. The standard InChI is InChI=1S/C11H23NO/c1-6-13-12-9-7-8-11(12,5)10(2,3)4/h6-9H2,1-5H3. The first-order valence-corrected chi connectivity index (χ1v) is 5.32. The lowest BCUT2D eigenvalue weighted by Gasteiger charge is -2.44. The molecule has 1 heterocycles. The lowest BCUT2D eigenvalue weighted by Crippen LogP contribution is -2.50. The highest BCUT2D eigenvalue weighted by atomic mass is 16.7. The monoisotopic (exact) mass is 185 g/mol. The Labute approximate surface area is 82.2 Å². The van der Waals surface area contributed by atoms with Gasteiger partial charge in [-0.15, -0.1) is 0 Å². The van der Waals surface area contributed by atoms with Gasteiger partial charge in [0.1, 0.15) is 0 Å². The lowest BCUT2D eigenvalue weighted by atomic mass is 9.74. The van der Waals surface area contributed by atoms with E-state index in [2.05, 4.69) is 39.7 Å². The van der Waals surface area contributed by atoms with Crippen LogP contribution in [0.1, 0.15) is 47.5 Å². The first kappa shape index (κ1) is 11.0. The molecule has 1 rings (SSSR count). The predicted molar refractivity (Wildman–Crippen MR) is 55.4 cm³/mol. The van der Waals surface area contributed by atoms with Crippen LogP contribution in [0.3, 0.4) is 0 Å². The van der Waals surface area contributed by atoms with Gasteiger partial charge < -0.3 is 0 Å². The van der Waals surface area contributed by atoms with Crippen LogP contribution < -0.4 is 0 Å². The van der Waals surface area contributed by atoms with Gasteiger partial charge in [-0.3, -0.25) is 4.84 Å². The normalized spacial score (nSPS) is 31.2. The van der Waals surface area contributed by atoms with Crippen molar-refractivity contribution in [2.45, 2.75) is 53.0 Å². The maximum atomic E-state index is 5.68. The Kier molecular flexibility index (Phi) is 3.03. The molecule has 0 aromatic carbocycles. The molecule has 2 nitrogen and oxygen atoms in total. The Morgan fingerprint density at radius 3 is 2.46 bits per heavy atom. The summed E-state index contributed by atoms with van der Waals surface area (Å²) in [5, 5.41) is 2.19. The molecule has 1 saturated heterocycles. The molecule has 0 aliphatic carbocycles. The van der Waals surface area contributed by atoms with Gasteiger partial charge in [0.2, 0.25) is 0 Å². The Morgan fingerprint density at radius 2 is 2.00 bits per heavy atom. The van der Waals surface area contributed by atoms with E-state index in [4.69, 9.17) is 4.84 Å². The van der Waals surface area contributed by atoms with Gasteiger partial charge in [-0.25, -0.2) is 0 Å². The molecule has 0 amide bonds. The number of hydrogen-bond acceptors (Lipinski definition) is 2. The first-order chi connectivity index (χ1) is 5.92. The van der Waals surface area contributed by atoms with Crippen LogP contribution in [0.25, 0.3) is 0 Å². The van der Waals surface area contributed by atoms with Gasteiger partial charge in [0.15, 0.2) is 0 Å². The molecule has 0 aromatic rings. The third kappa shape index (κ3) is 1.89. The lowest BCUT2D eigenvalue weighted by molar-refractivity contribution is -0.220. The highest BCUT2D eigenvalue weighted by Gasteiger charge is 2.46. The molecule has 1 aliphatic rings. The summed E-state index contributed by atoms with van der Waals surface area (Å²) < 4.78 is 0. The Hall–Kier alpha value is -0.0800. The highest BCUT2D eigenvalue weighted by molar-refractivity contribution is 4.97. The van der Waals surface area contributed by atoms with E-state index in [1.54, 1.807) is 0 Å². The van der Waals surface area contributed by atoms with Crippen molar-refractivity contribution >= 4 is 0 Å². The summed E-state index contributed by atoms with van der Waals surface area (Å²) in [6, 6.07) is 0. The zero-order valence-electron chi connectivity index (χ0n) is 9.68. The smallest absolute Gasteiger partial charge is 0.0657 e. The fourth-order valence-corrected chi connectivity index (χ4v) is 2.05. The molecule has 0 aromatic heterocycles. The van der Waals surface area contributed by atoms with Crippen molar-refractivity contribution in [2.24, 2.45) is 5.41 Å². The largest absolute Gasteiger partial charge is 0.299 e. The predicted octanol–water partition coefficient (Wildman–Crippen LogP) is 2.84. The molecule has 78 valence electrons. The van der Waals surface area contributed by atoms with Gasteiger partial charge in [0, 0.05) is 12.1 Å². The van der Waals surface area contributed by atoms with Crippen molar-refractivity contribution in [1.82, 2.24) is 5.06 Å². The average Bonchev–Trinajstić information content (AvgIpc) is 2.33. The van der Waals surface area contributed by atoms with E-state index in [0.717, 1.165) is 13.2 Å². The van der Waals surface area contributed by atoms with Gasteiger partial charge in [-0.05, 0) is 32.1 Å². The molecule has 0 spiro atoms. The van der Waals surface area contributed by atoms with Crippen LogP contribution in [0.15, 0.2) is 0 Å². The van der Waals surface area contributed by atoms with Gasteiger partial charge in [-0.2, -0.15) is 5.06 Å². The minimum absolute atomic E-state index is 0.211. The van der Waals surface area contributed by atoms with Crippen molar-refractivity contribution < 1.29 is 4.84 Å². The summed E-state index contributed by atoms with van der Waals surface area (Å²) in [6.45, 7) is 13.1. The number of hydrogen-bond donors (Lipinski definition) is 0. The van der Waals surface area contributed by atoms with Gasteiger partial charge >= 0.3 is 0 Å². The van der Waals surface area contributed by atoms with Crippen LogP contribution in [-0.4, -0.2) is 23.8 Å². The van der Waals surface area contributed by atoms with E-state index >= 15 is 0 Å². The van der Waals surface area contributed by atoms with Crippen molar-refractivity contribution in [3.05, 3.63) is 0 Å². The Morgan fingerprint density at radius 1 is 1.38 bits per heavy atom. The third-order valence-electron chi connectivity index (χ3n) is 3.48. The molecule has 1 unspecified atom stereocenters. The zero-order chi connectivity index (χ0) is 10.1. The van der Waals surface area contributed by atoms with Crippen LogP contribution in [0.5, 0.6) is 0 Å².